The first kappa shape index (κ1) is 14.5. The van der Waals surface area contributed by atoms with Gasteiger partial charge in [0.2, 0.25) is 0 Å². The SMILES string of the molecule is Cc1cc(-c2ccc(C#N)cc2)nc(-c2ccc(C#N)cc2)c1. The summed E-state index contributed by atoms with van der Waals surface area (Å²) in [7, 11) is 0. The zero-order chi connectivity index (χ0) is 16.2. The normalized spacial score (nSPS) is 9.87. The van der Waals surface area contributed by atoms with Gasteiger partial charge in [-0.1, -0.05) is 24.3 Å². The number of hydrogen-bond donors (Lipinski definition) is 0. The minimum absolute atomic E-state index is 0.633. The lowest BCUT2D eigenvalue weighted by Gasteiger charge is -2.08. The van der Waals surface area contributed by atoms with Crippen LogP contribution in [0.2, 0.25) is 0 Å². The molecule has 3 rings (SSSR count). The van der Waals surface area contributed by atoms with Crippen LogP contribution in [0.15, 0.2) is 60.7 Å². The van der Waals surface area contributed by atoms with Crippen LogP contribution in [0, 0.1) is 29.6 Å². The Morgan fingerprint density at radius 2 is 1.09 bits per heavy atom. The molecule has 0 bridgehead atoms. The van der Waals surface area contributed by atoms with Gasteiger partial charge in [-0.25, -0.2) is 4.98 Å². The smallest absolute Gasteiger partial charge is 0.0991 e. The van der Waals surface area contributed by atoms with Crippen LogP contribution in [-0.2, 0) is 0 Å². The lowest BCUT2D eigenvalue weighted by atomic mass is 10.0. The van der Waals surface area contributed by atoms with Gasteiger partial charge in [-0.05, 0) is 48.9 Å². The molecule has 0 aliphatic carbocycles. The van der Waals surface area contributed by atoms with Gasteiger partial charge >= 0.3 is 0 Å². The third-order valence-electron chi connectivity index (χ3n) is 3.59. The molecule has 0 spiro atoms. The minimum Gasteiger partial charge on any atom is -0.248 e. The van der Waals surface area contributed by atoms with E-state index >= 15 is 0 Å². The van der Waals surface area contributed by atoms with Gasteiger partial charge in [0.05, 0.1) is 34.7 Å². The summed E-state index contributed by atoms with van der Waals surface area (Å²) in [6.45, 7) is 2.03. The van der Waals surface area contributed by atoms with E-state index in [0.29, 0.717) is 11.1 Å². The van der Waals surface area contributed by atoms with Crippen molar-refractivity contribution in [1.29, 1.82) is 10.5 Å². The van der Waals surface area contributed by atoms with Crippen molar-refractivity contribution in [2.75, 3.05) is 0 Å². The number of aromatic nitrogens is 1. The standard InChI is InChI=1S/C20H13N3/c1-14-10-19(17-6-2-15(12-21)3-7-17)23-20(11-14)18-8-4-16(13-22)5-9-18/h2-11H,1H3. The maximum Gasteiger partial charge on any atom is 0.0991 e. The third-order valence-corrected chi connectivity index (χ3v) is 3.59. The van der Waals surface area contributed by atoms with E-state index in [1.54, 1.807) is 24.3 Å². The predicted octanol–water partition coefficient (Wildman–Crippen LogP) is 4.47. The van der Waals surface area contributed by atoms with E-state index in [-0.39, 0.29) is 0 Å². The summed E-state index contributed by atoms with van der Waals surface area (Å²) < 4.78 is 0. The van der Waals surface area contributed by atoms with Crippen molar-refractivity contribution in [1.82, 2.24) is 4.98 Å². The fourth-order valence-electron chi connectivity index (χ4n) is 2.39. The Labute approximate surface area is 135 Å². The molecule has 0 saturated heterocycles. The number of aryl methyl sites for hydroxylation is 1. The van der Waals surface area contributed by atoms with Crippen molar-refractivity contribution >= 4 is 0 Å². The Hall–Kier alpha value is -3.43. The second kappa shape index (κ2) is 6.13. The molecule has 3 heteroatoms. The number of pyridine rings is 1. The molecule has 0 fully saturated rings. The zero-order valence-electron chi connectivity index (χ0n) is 12.6. The van der Waals surface area contributed by atoms with Gasteiger partial charge in [0, 0.05) is 11.1 Å². The summed E-state index contributed by atoms with van der Waals surface area (Å²) in [4.78, 5) is 4.72. The van der Waals surface area contributed by atoms with Crippen LogP contribution in [0.3, 0.4) is 0 Å². The number of hydrogen-bond acceptors (Lipinski definition) is 3. The van der Waals surface area contributed by atoms with E-state index in [2.05, 4.69) is 12.1 Å². The van der Waals surface area contributed by atoms with Crippen LogP contribution < -0.4 is 0 Å². The van der Waals surface area contributed by atoms with Crippen molar-refractivity contribution in [3.63, 3.8) is 0 Å². The van der Waals surface area contributed by atoms with E-state index in [9.17, 15) is 0 Å². The van der Waals surface area contributed by atoms with E-state index < -0.39 is 0 Å². The van der Waals surface area contributed by atoms with Crippen molar-refractivity contribution in [3.05, 3.63) is 77.4 Å². The Balaban J connectivity index is 2.04. The molecule has 3 nitrogen and oxygen atoms in total. The summed E-state index contributed by atoms with van der Waals surface area (Å²) >= 11 is 0. The van der Waals surface area contributed by atoms with Crippen LogP contribution in [0.25, 0.3) is 22.5 Å². The molecule has 1 aromatic heterocycles. The molecule has 0 unspecified atom stereocenters. The summed E-state index contributed by atoms with van der Waals surface area (Å²) in [5.41, 5.74) is 6.06. The first-order valence-electron chi connectivity index (χ1n) is 7.19. The lowest BCUT2D eigenvalue weighted by Crippen LogP contribution is -1.91. The highest BCUT2D eigenvalue weighted by Gasteiger charge is 2.06. The second-order valence-corrected chi connectivity index (χ2v) is 5.29. The molecule has 0 amide bonds. The van der Waals surface area contributed by atoms with E-state index in [1.807, 2.05) is 43.3 Å². The Morgan fingerprint density at radius 1 is 0.696 bits per heavy atom. The summed E-state index contributed by atoms with van der Waals surface area (Å²) in [6.07, 6.45) is 0. The van der Waals surface area contributed by atoms with Crippen LogP contribution >= 0.6 is 0 Å². The fourth-order valence-corrected chi connectivity index (χ4v) is 2.39. The molecule has 0 saturated carbocycles. The van der Waals surface area contributed by atoms with Gasteiger partial charge in [-0.3, -0.25) is 0 Å². The van der Waals surface area contributed by atoms with E-state index in [0.717, 1.165) is 28.1 Å². The number of benzene rings is 2. The van der Waals surface area contributed by atoms with Crippen LogP contribution in [0.4, 0.5) is 0 Å². The van der Waals surface area contributed by atoms with Gasteiger partial charge in [-0.15, -0.1) is 0 Å². The average molecular weight is 295 g/mol. The molecular formula is C20H13N3. The summed E-state index contributed by atoms with van der Waals surface area (Å²) in [5, 5.41) is 17.8. The molecule has 2 aromatic carbocycles. The highest BCUT2D eigenvalue weighted by molar-refractivity contribution is 5.68. The first-order valence-corrected chi connectivity index (χ1v) is 7.19. The molecule has 23 heavy (non-hydrogen) atoms. The van der Waals surface area contributed by atoms with Crippen LogP contribution in [-0.4, -0.2) is 4.98 Å². The molecule has 0 aliphatic heterocycles. The topological polar surface area (TPSA) is 60.5 Å². The van der Waals surface area contributed by atoms with Crippen molar-refractivity contribution in [2.24, 2.45) is 0 Å². The Bertz CT molecular complexity index is 849. The molecule has 0 N–H and O–H groups in total. The molecule has 0 aliphatic rings. The minimum atomic E-state index is 0.633. The highest BCUT2D eigenvalue weighted by atomic mass is 14.7. The zero-order valence-corrected chi connectivity index (χ0v) is 12.6. The average Bonchev–Trinajstić information content (AvgIpc) is 2.61. The first-order chi connectivity index (χ1) is 11.2. The van der Waals surface area contributed by atoms with Crippen LogP contribution in [0.5, 0.6) is 0 Å². The molecular weight excluding hydrogens is 282 g/mol. The van der Waals surface area contributed by atoms with Gasteiger partial charge < -0.3 is 0 Å². The number of nitriles is 2. The maximum atomic E-state index is 8.89. The molecule has 0 radical (unpaired) electrons. The fraction of sp³-hybridized carbons (Fsp3) is 0.0500. The van der Waals surface area contributed by atoms with Gasteiger partial charge in [0.1, 0.15) is 0 Å². The monoisotopic (exact) mass is 295 g/mol. The predicted molar refractivity (Wildman–Crippen MR) is 89.3 cm³/mol. The maximum absolute atomic E-state index is 8.89. The number of nitrogens with zero attached hydrogens (tertiary/aromatic N) is 3. The van der Waals surface area contributed by atoms with Crippen molar-refractivity contribution in [3.8, 4) is 34.7 Å². The summed E-state index contributed by atoms with van der Waals surface area (Å²) in [6, 6.07) is 23.1. The van der Waals surface area contributed by atoms with E-state index in [1.165, 1.54) is 0 Å². The Kier molecular flexibility index (Phi) is 3.87. The number of rotatable bonds is 2. The van der Waals surface area contributed by atoms with Gasteiger partial charge in [-0.2, -0.15) is 10.5 Å². The lowest BCUT2D eigenvalue weighted by molar-refractivity contribution is 1.28. The van der Waals surface area contributed by atoms with Gasteiger partial charge in [0.15, 0.2) is 0 Å². The summed E-state index contributed by atoms with van der Waals surface area (Å²) in [5.74, 6) is 0. The van der Waals surface area contributed by atoms with E-state index in [4.69, 9.17) is 15.5 Å². The third kappa shape index (κ3) is 3.10. The molecule has 108 valence electrons. The van der Waals surface area contributed by atoms with Crippen LogP contribution in [0.1, 0.15) is 16.7 Å². The van der Waals surface area contributed by atoms with Crippen molar-refractivity contribution < 1.29 is 0 Å². The molecule has 3 aromatic rings. The van der Waals surface area contributed by atoms with Gasteiger partial charge in [0.25, 0.3) is 0 Å². The quantitative estimate of drug-likeness (QED) is 0.701. The highest BCUT2D eigenvalue weighted by Crippen LogP contribution is 2.25. The largest absolute Gasteiger partial charge is 0.248 e. The molecule has 1 heterocycles. The Morgan fingerprint density at radius 3 is 1.43 bits per heavy atom. The molecule has 0 atom stereocenters. The second-order valence-electron chi connectivity index (χ2n) is 5.29. The van der Waals surface area contributed by atoms with Crippen molar-refractivity contribution in [2.45, 2.75) is 6.92 Å².